The zero-order chi connectivity index (χ0) is 15.1. The molecular weight excluding hydrogens is 277 g/mol. The van der Waals surface area contributed by atoms with Crippen molar-refractivity contribution in [3.05, 3.63) is 0 Å². The number of Topliss-reactive ketones (excluding diaryl/α,β-unsaturated/α-hetero) is 1. The first-order valence-electron chi connectivity index (χ1n) is 8.08. The Balaban J connectivity index is -0.00000180. The van der Waals surface area contributed by atoms with E-state index >= 15 is 0 Å². The van der Waals surface area contributed by atoms with Crippen LogP contribution in [0.5, 0.6) is 0 Å². The molecular formula is C16H32NNaO3. The van der Waals surface area contributed by atoms with E-state index in [0.29, 0.717) is 12.8 Å². The van der Waals surface area contributed by atoms with E-state index in [0.717, 1.165) is 12.8 Å². The number of hydrogen-bond donors (Lipinski definition) is 1. The quantitative estimate of drug-likeness (QED) is 0.296. The molecule has 0 amide bonds. The van der Waals surface area contributed by atoms with E-state index in [-0.39, 0.29) is 49.2 Å². The van der Waals surface area contributed by atoms with Crippen molar-refractivity contribution in [2.45, 2.75) is 84.0 Å². The SMILES string of the molecule is CCCCCCCCCCCC(=O)CCC(=O)ONC.[H-].[Na+]. The van der Waals surface area contributed by atoms with Crippen molar-refractivity contribution in [1.82, 2.24) is 5.48 Å². The van der Waals surface area contributed by atoms with E-state index in [1.54, 1.807) is 0 Å². The zero-order valence-electron chi connectivity index (χ0n) is 15.2. The van der Waals surface area contributed by atoms with Crippen LogP contribution in [-0.4, -0.2) is 18.8 Å². The molecule has 0 aliphatic rings. The summed E-state index contributed by atoms with van der Waals surface area (Å²) in [6.45, 7) is 2.23. The van der Waals surface area contributed by atoms with Gasteiger partial charge in [0.1, 0.15) is 5.78 Å². The van der Waals surface area contributed by atoms with Crippen molar-refractivity contribution in [2.24, 2.45) is 0 Å². The molecule has 0 rings (SSSR count). The molecule has 0 radical (unpaired) electrons. The Hall–Kier alpha value is 0.1000. The Morgan fingerprint density at radius 2 is 1.38 bits per heavy atom. The van der Waals surface area contributed by atoms with Crippen LogP contribution in [-0.2, 0) is 14.4 Å². The summed E-state index contributed by atoms with van der Waals surface area (Å²) in [5.41, 5.74) is 2.31. The first kappa shape index (κ1) is 23.4. The number of ketones is 1. The molecule has 0 aromatic carbocycles. The smallest absolute Gasteiger partial charge is 1.00 e. The van der Waals surface area contributed by atoms with Gasteiger partial charge in [-0.3, -0.25) is 9.59 Å². The average molecular weight is 309 g/mol. The van der Waals surface area contributed by atoms with Crippen LogP contribution in [0.1, 0.15) is 85.4 Å². The number of unbranched alkanes of at least 4 members (excludes halogenated alkanes) is 8. The largest absolute Gasteiger partial charge is 1.00 e. The summed E-state index contributed by atoms with van der Waals surface area (Å²) < 4.78 is 0. The molecule has 0 saturated carbocycles. The Kier molecular flexibility index (Phi) is 20.2. The Morgan fingerprint density at radius 1 is 0.857 bits per heavy atom. The van der Waals surface area contributed by atoms with Crippen LogP contribution in [0.4, 0.5) is 0 Å². The second-order valence-electron chi connectivity index (χ2n) is 5.30. The van der Waals surface area contributed by atoms with Gasteiger partial charge in [0.15, 0.2) is 0 Å². The van der Waals surface area contributed by atoms with Gasteiger partial charge in [-0.1, -0.05) is 58.3 Å². The maximum atomic E-state index is 11.5. The third kappa shape index (κ3) is 18.1. The Labute approximate surface area is 153 Å². The van der Waals surface area contributed by atoms with Gasteiger partial charge >= 0.3 is 35.5 Å². The maximum absolute atomic E-state index is 11.5. The molecule has 0 spiro atoms. The molecule has 5 heteroatoms. The van der Waals surface area contributed by atoms with Crippen molar-refractivity contribution in [1.29, 1.82) is 0 Å². The molecule has 4 nitrogen and oxygen atoms in total. The van der Waals surface area contributed by atoms with Gasteiger partial charge in [0.25, 0.3) is 0 Å². The molecule has 0 saturated heterocycles. The van der Waals surface area contributed by atoms with Crippen molar-refractivity contribution < 1.29 is 45.4 Å². The van der Waals surface area contributed by atoms with Crippen molar-refractivity contribution in [3.63, 3.8) is 0 Å². The molecule has 0 aromatic rings. The van der Waals surface area contributed by atoms with E-state index in [9.17, 15) is 9.59 Å². The topological polar surface area (TPSA) is 55.4 Å². The third-order valence-electron chi connectivity index (χ3n) is 3.38. The standard InChI is InChI=1S/C16H31NO3.Na.H/c1-3-4-5-6-7-8-9-10-11-12-15(18)13-14-16(19)20-17-2;;/h17H,3-14H2,1-2H3;;/q;+1;-1. The van der Waals surface area contributed by atoms with Crippen LogP contribution in [0.25, 0.3) is 0 Å². The van der Waals surface area contributed by atoms with Gasteiger partial charge in [0, 0.05) is 19.9 Å². The summed E-state index contributed by atoms with van der Waals surface area (Å²) in [6.07, 6.45) is 12.3. The van der Waals surface area contributed by atoms with Gasteiger partial charge < -0.3 is 6.26 Å². The summed E-state index contributed by atoms with van der Waals surface area (Å²) in [6, 6.07) is 0. The fraction of sp³-hybridized carbons (Fsp3) is 0.875. The minimum atomic E-state index is -0.368. The Bertz CT molecular complexity index is 266. The molecule has 0 heterocycles. The van der Waals surface area contributed by atoms with Crippen LogP contribution in [0.3, 0.4) is 0 Å². The first-order chi connectivity index (χ1) is 9.70. The molecule has 0 unspecified atom stereocenters. The molecule has 0 fully saturated rings. The number of hydroxylamine groups is 1. The number of hydrogen-bond acceptors (Lipinski definition) is 4. The fourth-order valence-electron chi connectivity index (χ4n) is 2.16. The van der Waals surface area contributed by atoms with Crippen LogP contribution in [0.2, 0.25) is 0 Å². The van der Waals surface area contributed by atoms with Gasteiger partial charge in [-0.15, -0.1) is 0 Å². The molecule has 0 bridgehead atoms. The maximum Gasteiger partial charge on any atom is 1.00 e. The number of carbonyl (C=O) groups is 2. The van der Waals surface area contributed by atoms with Gasteiger partial charge in [-0.2, -0.15) is 5.48 Å². The summed E-state index contributed by atoms with van der Waals surface area (Å²) >= 11 is 0. The first-order valence-corrected chi connectivity index (χ1v) is 8.08. The summed E-state index contributed by atoms with van der Waals surface area (Å²) in [7, 11) is 1.53. The molecule has 120 valence electrons. The molecule has 21 heavy (non-hydrogen) atoms. The van der Waals surface area contributed by atoms with Gasteiger partial charge in [0.05, 0.1) is 6.42 Å². The van der Waals surface area contributed by atoms with Crippen molar-refractivity contribution in [3.8, 4) is 0 Å². The predicted octanol–water partition coefficient (Wildman–Crippen LogP) is 1.05. The minimum absolute atomic E-state index is 0. The Morgan fingerprint density at radius 3 is 1.90 bits per heavy atom. The number of carbonyl (C=O) groups excluding carboxylic acids is 2. The van der Waals surface area contributed by atoms with Gasteiger partial charge in [0.2, 0.25) is 0 Å². The van der Waals surface area contributed by atoms with E-state index < -0.39 is 0 Å². The van der Waals surface area contributed by atoms with Gasteiger partial charge in [-0.05, 0) is 6.42 Å². The predicted molar refractivity (Wildman–Crippen MR) is 82.3 cm³/mol. The summed E-state index contributed by atoms with van der Waals surface area (Å²) in [5, 5.41) is 0. The van der Waals surface area contributed by atoms with E-state index in [1.807, 2.05) is 0 Å². The second-order valence-corrected chi connectivity index (χ2v) is 5.30. The average Bonchev–Trinajstić information content (AvgIpc) is 2.43. The number of rotatable bonds is 14. The van der Waals surface area contributed by atoms with Crippen LogP contribution in [0, 0.1) is 0 Å². The van der Waals surface area contributed by atoms with E-state index in [2.05, 4.69) is 17.2 Å². The normalized spacial score (nSPS) is 10.0. The molecule has 0 aliphatic heterocycles. The van der Waals surface area contributed by atoms with E-state index in [4.69, 9.17) is 0 Å². The van der Waals surface area contributed by atoms with Crippen LogP contribution in [0.15, 0.2) is 0 Å². The zero-order valence-corrected chi connectivity index (χ0v) is 16.2. The molecule has 0 aliphatic carbocycles. The third-order valence-corrected chi connectivity index (χ3v) is 3.38. The summed E-state index contributed by atoms with van der Waals surface area (Å²) in [4.78, 5) is 27.1. The second kappa shape index (κ2) is 18.1. The fourth-order valence-corrected chi connectivity index (χ4v) is 2.16. The van der Waals surface area contributed by atoms with Gasteiger partial charge in [-0.25, -0.2) is 0 Å². The molecule has 0 atom stereocenters. The summed E-state index contributed by atoms with van der Waals surface area (Å²) in [5.74, 6) is -0.200. The monoisotopic (exact) mass is 309 g/mol. The van der Waals surface area contributed by atoms with Crippen LogP contribution >= 0.6 is 0 Å². The van der Waals surface area contributed by atoms with Crippen molar-refractivity contribution >= 4 is 11.8 Å². The number of nitrogens with one attached hydrogen (secondary N) is 1. The van der Waals surface area contributed by atoms with E-state index in [1.165, 1.54) is 52.0 Å². The molecule has 1 N–H and O–H groups in total. The van der Waals surface area contributed by atoms with Crippen molar-refractivity contribution in [2.75, 3.05) is 7.05 Å². The minimum Gasteiger partial charge on any atom is -1.00 e. The van der Waals surface area contributed by atoms with Crippen LogP contribution < -0.4 is 35.0 Å². The molecule has 0 aromatic heterocycles.